The number of nitrogens with two attached hydrogens (primary N) is 1. The van der Waals surface area contributed by atoms with Crippen LogP contribution < -0.4 is 11.1 Å². The van der Waals surface area contributed by atoms with Crippen molar-refractivity contribution in [1.29, 1.82) is 0 Å². The van der Waals surface area contributed by atoms with E-state index in [2.05, 4.69) is 17.1 Å². The second-order valence-electron chi connectivity index (χ2n) is 5.95. The molecule has 1 aliphatic rings. The zero-order valence-electron chi connectivity index (χ0n) is 13.1. The number of rotatable bonds is 7. The van der Waals surface area contributed by atoms with Gasteiger partial charge in [0.15, 0.2) is 0 Å². The Balaban J connectivity index is 1.90. The summed E-state index contributed by atoms with van der Waals surface area (Å²) in [6, 6.07) is 7.63. The monoisotopic (exact) mass is 289 g/mol. The molecule has 116 valence electrons. The summed E-state index contributed by atoms with van der Waals surface area (Å²) in [5, 5.41) is 3.00. The third-order valence-corrected chi connectivity index (χ3v) is 4.51. The predicted molar refractivity (Wildman–Crippen MR) is 87.0 cm³/mol. The molecule has 0 spiro atoms. The Hall–Kier alpha value is -1.39. The van der Waals surface area contributed by atoms with Gasteiger partial charge < -0.3 is 11.1 Å². The van der Waals surface area contributed by atoms with Gasteiger partial charge >= 0.3 is 0 Å². The lowest BCUT2D eigenvalue weighted by Gasteiger charge is -2.34. The molecule has 0 bridgehead atoms. The largest absolute Gasteiger partial charge is 0.326 e. The molecular formula is C17H27N3O. The molecule has 4 heteroatoms. The van der Waals surface area contributed by atoms with Crippen molar-refractivity contribution in [2.75, 3.05) is 18.4 Å². The normalized spacial score (nSPS) is 16.6. The molecule has 0 saturated heterocycles. The topological polar surface area (TPSA) is 58.4 Å². The molecular weight excluding hydrogens is 262 g/mol. The Morgan fingerprint density at radius 2 is 2.05 bits per heavy atom. The van der Waals surface area contributed by atoms with Crippen LogP contribution in [-0.2, 0) is 11.3 Å². The van der Waals surface area contributed by atoms with Crippen LogP contribution >= 0.6 is 0 Å². The molecule has 1 amide bonds. The summed E-state index contributed by atoms with van der Waals surface area (Å²) in [7, 11) is 0. The van der Waals surface area contributed by atoms with E-state index in [1.165, 1.54) is 19.3 Å². The molecule has 4 nitrogen and oxygen atoms in total. The standard InChI is InChI=1S/C17H27N3O/c1-3-20(12-15-5-4-6-15)13(2)17(21)19-16-9-7-14(11-18)8-10-16/h7-10,13,15H,3-6,11-12,18H2,1-2H3,(H,19,21). The number of hydrogen-bond donors (Lipinski definition) is 2. The van der Waals surface area contributed by atoms with E-state index in [1.807, 2.05) is 31.2 Å². The number of nitrogens with zero attached hydrogens (tertiary/aromatic N) is 1. The van der Waals surface area contributed by atoms with Crippen LogP contribution in [0.25, 0.3) is 0 Å². The highest BCUT2D eigenvalue weighted by Gasteiger charge is 2.25. The minimum Gasteiger partial charge on any atom is -0.326 e. The lowest BCUT2D eigenvalue weighted by molar-refractivity contribution is -0.121. The lowest BCUT2D eigenvalue weighted by Crippen LogP contribution is -2.45. The Kier molecular flexibility index (Phi) is 5.76. The smallest absolute Gasteiger partial charge is 0.241 e. The van der Waals surface area contributed by atoms with Crippen LogP contribution in [0, 0.1) is 5.92 Å². The van der Waals surface area contributed by atoms with Crippen LogP contribution in [0.2, 0.25) is 0 Å². The van der Waals surface area contributed by atoms with Crippen molar-refractivity contribution < 1.29 is 4.79 Å². The Bertz CT molecular complexity index is 454. The van der Waals surface area contributed by atoms with Gasteiger partial charge in [0, 0.05) is 18.8 Å². The number of amides is 1. The van der Waals surface area contributed by atoms with Gasteiger partial charge in [-0.2, -0.15) is 0 Å². The lowest BCUT2D eigenvalue weighted by atomic mass is 9.85. The van der Waals surface area contributed by atoms with E-state index in [0.717, 1.165) is 30.3 Å². The summed E-state index contributed by atoms with van der Waals surface area (Å²) in [4.78, 5) is 14.6. The van der Waals surface area contributed by atoms with Gasteiger partial charge in [-0.05, 0) is 49.9 Å². The fraction of sp³-hybridized carbons (Fsp3) is 0.588. The minimum absolute atomic E-state index is 0.0664. The van der Waals surface area contributed by atoms with E-state index in [9.17, 15) is 4.79 Å². The molecule has 1 aromatic carbocycles. The Labute approximate surface area is 127 Å². The molecule has 1 fully saturated rings. The highest BCUT2D eigenvalue weighted by atomic mass is 16.2. The summed E-state index contributed by atoms with van der Waals surface area (Å²) in [6.45, 7) is 6.59. The van der Waals surface area contributed by atoms with Crippen LogP contribution in [-0.4, -0.2) is 29.9 Å². The van der Waals surface area contributed by atoms with E-state index in [4.69, 9.17) is 5.73 Å². The van der Waals surface area contributed by atoms with E-state index in [1.54, 1.807) is 0 Å². The van der Waals surface area contributed by atoms with Crippen LogP contribution in [0.5, 0.6) is 0 Å². The number of hydrogen-bond acceptors (Lipinski definition) is 3. The first-order valence-corrected chi connectivity index (χ1v) is 7.98. The quantitative estimate of drug-likeness (QED) is 0.811. The molecule has 2 rings (SSSR count). The number of anilines is 1. The Morgan fingerprint density at radius 1 is 1.38 bits per heavy atom. The summed E-state index contributed by atoms with van der Waals surface area (Å²) < 4.78 is 0. The molecule has 0 aliphatic heterocycles. The number of benzene rings is 1. The zero-order valence-corrected chi connectivity index (χ0v) is 13.1. The van der Waals surface area contributed by atoms with E-state index >= 15 is 0 Å². The van der Waals surface area contributed by atoms with Crippen molar-refractivity contribution in [1.82, 2.24) is 4.90 Å². The molecule has 0 radical (unpaired) electrons. The van der Waals surface area contributed by atoms with Gasteiger partial charge in [-0.25, -0.2) is 0 Å². The molecule has 1 unspecified atom stereocenters. The average molecular weight is 289 g/mol. The average Bonchev–Trinajstić information content (AvgIpc) is 2.46. The minimum atomic E-state index is -0.0928. The van der Waals surface area contributed by atoms with Crippen LogP contribution in [0.3, 0.4) is 0 Å². The molecule has 0 heterocycles. The fourth-order valence-corrected chi connectivity index (χ4v) is 2.70. The molecule has 1 aliphatic carbocycles. The van der Waals surface area contributed by atoms with Gasteiger partial charge in [-0.3, -0.25) is 9.69 Å². The number of likely N-dealkylation sites (N-methyl/N-ethyl adjacent to an activating group) is 1. The van der Waals surface area contributed by atoms with Crippen molar-refractivity contribution in [3.05, 3.63) is 29.8 Å². The van der Waals surface area contributed by atoms with Gasteiger partial charge in [0.1, 0.15) is 0 Å². The number of carbonyl (C=O) groups excluding carboxylic acids is 1. The highest BCUT2D eigenvalue weighted by molar-refractivity contribution is 5.94. The van der Waals surface area contributed by atoms with Crippen molar-refractivity contribution in [2.24, 2.45) is 11.7 Å². The maximum absolute atomic E-state index is 12.4. The van der Waals surface area contributed by atoms with Crippen LogP contribution in [0.1, 0.15) is 38.7 Å². The third-order valence-electron chi connectivity index (χ3n) is 4.51. The second kappa shape index (κ2) is 7.57. The third kappa shape index (κ3) is 4.29. The van der Waals surface area contributed by atoms with Crippen molar-refractivity contribution in [2.45, 2.75) is 45.7 Å². The molecule has 3 N–H and O–H groups in total. The van der Waals surface area contributed by atoms with E-state index in [0.29, 0.717) is 6.54 Å². The summed E-state index contributed by atoms with van der Waals surface area (Å²) >= 11 is 0. The van der Waals surface area contributed by atoms with Crippen molar-refractivity contribution in [3.8, 4) is 0 Å². The van der Waals surface area contributed by atoms with E-state index < -0.39 is 0 Å². The van der Waals surface area contributed by atoms with Crippen LogP contribution in [0.4, 0.5) is 5.69 Å². The molecule has 21 heavy (non-hydrogen) atoms. The summed E-state index contributed by atoms with van der Waals surface area (Å²) in [6.07, 6.45) is 3.97. The first-order valence-electron chi connectivity index (χ1n) is 7.98. The molecule has 0 aromatic heterocycles. The second-order valence-corrected chi connectivity index (χ2v) is 5.95. The van der Waals surface area contributed by atoms with Crippen molar-refractivity contribution in [3.63, 3.8) is 0 Å². The molecule has 1 saturated carbocycles. The fourth-order valence-electron chi connectivity index (χ4n) is 2.70. The van der Waals surface area contributed by atoms with E-state index in [-0.39, 0.29) is 11.9 Å². The first kappa shape index (κ1) is 16.0. The van der Waals surface area contributed by atoms with Gasteiger partial charge in [0.05, 0.1) is 6.04 Å². The SMILES string of the molecule is CCN(CC1CCC1)C(C)C(=O)Nc1ccc(CN)cc1. The van der Waals surface area contributed by atoms with Gasteiger partial charge in [0.25, 0.3) is 0 Å². The summed E-state index contributed by atoms with van der Waals surface area (Å²) in [5.74, 6) is 0.848. The molecule has 1 atom stereocenters. The van der Waals surface area contributed by atoms with Gasteiger partial charge in [0.2, 0.25) is 5.91 Å². The first-order chi connectivity index (χ1) is 10.1. The molecule has 1 aromatic rings. The van der Waals surface area contributed by atoms with Gasteiger partial charge in [-0.1, -0.05) is 25.5 Å². The summed E-state index contributed by atoms with van der Waals surface area (Å²) in [5.41, 5.74) is 7.49. The van der Waals surface area contributed by atoms with Crippen LogP contribution in [0.15, 0.2) is 24.3 Å². The number of carbonyl (C=O) groups is 1. The maximum Gasteiger partial charge on any atom is 0.241 e. The zero-order chi connectivity index (χ0) is 15.2. The highest BCUT2D eigenvalue weighted by Crippen LogP contribution is 2.27. The Morgan fingerprint density at radius 3 is 2.52 bits per heavy atom. The van der Waals surface area contributed by atoms with Crippen molar-refractivity contribution >= 4 is 11.6 Å². The maximum atomic E-state index is 12.4. The van der Waals surface area contributed by atoms with Gasteiger partial charge in [-0.15, -0.1) is 0 Å². The predicted octanol–water partition coefficient (Wildman–Crippen LogP) is 2.59. The number of nitrogens with one attached hydrogen (secondary N) is 1.